The van der Waals surface area contributed by atoms with Crippen molar-refractivity contribution in [3.05, 3.63) is 29.8 Å². The summed E-state index contributed by atoms with van der Waals surface area (Å²) >= 11 is 1.50. The molecule has 1 rings (SSSR count). The molecule has 0 aliphatic heterocycles. The second-order valence-corrected chi connectivity index (χ2v) is 5.81. The number of phenolic OH excluding ortho intramolecular Hbond substituents is 1. The van der Waals surface area contributed by atoms with Crippen molar-refractivity contribution in [3.63, 3.8) is 0 Å². The summed E-state index contributed by atoms with van der Waals surface area (Å²) in [6.07, 6.45) is 2.29. The molecule has 0 aliphatic carbocycles. The third-order valence-corrected chi connectivity index (χ3v) is 4.30. The molecule has 1 amide bonds. The minimum absolute atomic E-state index is 0.00974. The molecule has 0 aliphatic rings. The van der Waals surface area contributed by atoms with E-state index in [0.717, 1.165) is 5.56 Å². The van der Waals surface area contributed by atoms with E-state index in [1.54, 1.807) is 24.3 Å². The van der Waals surface area contributed by atoms with Crippen LogP contribution in [0.25, 0.3) is 0 Å². The van der Waals surface area contributed by atoms with Crippen molar-refractivity contribution < 1.29 is 15.0 Å². The second-order valence-electron chi connectivity index (χ2n) is 4.73. The van der Waals surface area contributed by atoms with Crippen LogP contribution in [0.1, 0.15) is 12.5 Å². The number of carbonyl (C=O) groups is 1. The quantitative estimate of drug-likeness (QED) is 0.587. The predicted octanol–water partition coefficient (Wildman–Crippen LogP) is 0.491. The molecular weight excluding hydrogens is 276 g/mol. The SMILES string of the molecule is CSC(CO)C(C)NC(=O)C(N)Cc1ccc(O)cc1. The molecule has 3 unspecified atom stereocenters. The van der Waals surface area contributed by atoms with Crippen LogP contribution in [-0.4, -0.2) is 46.3 Å². The van der Waals surface area contributed by atoms with Gasteiger partial charge in [-0.1, -0.05) is 12.1 Å². The van der Waals surface area contributed by atoms with Crippen LogP contribution in [0.5, 0.6) is 5.75 Å². The monoisotopic (exact) mass is 298 g/mol. The normalized spacial score (nSPS) is 15.4. The summed E-state index contributed by atoms with van der Waals surface area (Å²) in [7, 11) is 0. The van der Waals surface area contributed by atoms with Crippen LogP contribution in [0.2, 0.25) is 0 Å². The van der Waals surface area contributed by atoms with E-state index in [-0.39, 0.29) is 29.6 Å². The van der Waals surface area contributed by atoms with Crippen molar-refractivity contribution in [2.45, 2.75) is 30.7 Å². The minimum Gasteiger partial charge on any atom is -0.508 e. The maximum Gasteiger partial charge on any atom is 0.237 e. The Morgan fingerprint density at radius 2 is 2.00 bits per heavy atom. The Morgan fingerprint density at radius 3 is 2.50 bits per heavy atom. The summed E-state index contributed by atoms with van der Waals surface area (Å²) < 4.78 is 0. The Morgan fingerprint density at radius 1 is 1.40 bits per heavy atom. The molecule has 0 saturated carbocycles. The second kappa shape index (κ2) is 8.14. The van der Waals surface area contributed by atoms with E-state index in [9.17, 15) is 15.0 Å². The molecular formula is C14H22N2O3S. The van der Waals surface area contributed by atoms with Gasteiger partial charge in [-0.3, -0.25) is 4.79 Å². The molecule has 0 bridgehead atoms. The van der Waals surface area contributed by atoms with Crippen LogP contribution in [-0.2, 0) is 11.2 Å². The van der Waals surface area contributed by atoms with E-state index in [1.165, 1.54) is 11.8 Å². The first kappa shape index (κ1) is 16.8. The number of hydrogen-bond acceptors (Lipinski definition) is 5. The lowest BCUT2D eigenvalue weighted by atomic mass is 10.1. The van der Waals surface area contributed by atoms with Crippen molar-refractivity contribution in [1.82, 2.24) is 5.32 Å². The molecule has 6 heteroatoms. The number of carbonyl (C=O) groups excluding carboxylic acids is 1. The number of benzene rings is 1. The van der Waals surface area contributed by atoms with E-state index in [4.69, 9.17) is 5.73 Å². The summed E-state index contributed by atoms with van der Waals surface area (Å²) in [6.45, 7) is 1.86. The van der Waals surface area contributed by atoms with Gasteiger partial charge in [0.15, 0.2) is 0 Å². The maximum atomic E-state index is 12.0. The number of aliphatic hydroxyl groups excluding tert-OH is 1. The van der Waals surface area contributed by atoms with Crippen molar-refractivity contribution in [2.75, 3.05) is 12.9 Å². The Bertz CT molecular complexity index is 421. The van der Waals surface area contributed by atoms with Crippen LogP contribution in [0.4, 0.5) is 0 Å². The lowest BCUT2D eigenvalue weighted by Gasteiger charge is -2.23. The van der Waals surface area contributed by atoms with Crippen LogP contribution in [0, 0.1) is 0 Å². The van der Waals surface area contributed by atoms with Gasteiger partial charge in [0, 0.05) is 11.3 Å². The zero-order valence-corrected chi connectivity index (χ0v) is 12.6. The smallest absolute Gasteiger partial charge is 0.237 e. The number of thioether (sulfide) groups is 1. The van der Waals surface area contributed by atoms with Gasteiger partial charge in [0.05, 0.1) is 12.6 Å². The van der Waals surface area contributed by atoms with Crippen molar-refractivity contribution in [3.8, 4) is 5.75 Å². The first-order valence-corrected chi connectivity index (χ1v) is 7.74. The fourth-order valence-corrected chi connectivity index (χ4v) is 2.47. The summed E-state index contributed by atoms with van der Waals surface area (Å²) in [4.78, 5) is 12.0. The highest BCUT2D eigenvalue weighted by atomic mass is 32.2. The number of aromatic hydroxyl groups is 1. The Hall–Kier alpha value is -1.24. The third kappa shape index (κ3) is 5.03. The predicted molar refractivity (Wildman–Crippen MR) is 81.8 cm³/mol. The Kier molecular flexibility index (Phi) is 6.84. The third-order valence-electron chi connectivity index (χ3n) is 3.14. The van der Waals surface area contributed by atoms with Crippen molar-refractivity contribution in [1.29, 1.82) is 0 Å². The summed E-state index contributed by atoms with van der Waals surface area (Å²) in [6, 6.07) is 5.82. The number of rotatable bonds is 7. The Labute approximate surface area is 123 Å². The highest BCUT2D eigenvalue weighted by Crippen LogP contribution is 2.12. The van der Waals surface area contributed by atoms with Gasteiger partial charge < -0.3 is 21.3 Å². The van der Waals surface area contributed by atoms with E-state index in [2.05, 4.69) is 5.32 Å². The molecule has 0 saturated heterocycles. The number of nitrogens with two attached hydrogens (primary N) is 1. The number of aliphatic hydroxyl groups is 1. The van der Waals surface area contributed by atoms with E-state index >= 15 is 0 Å². The van der Waals surface area contributed by atoms with Gasteiger partial charge in [0.2, 0.25) is 5.91 Å². The largest absolute Gasteiger partial charge is 0.508 e. The van der Waals surface area contributed by atoms with Crippen molar-refractivity contribution in [2.24, 2.45) is 5.73 Å². The van der Waals surface area contributed by atoms with E-state index < -0.39 is 6.04 Å². The molecule has 0 spiro atoms. The summed E-state index contributed by atoms with van der Waals surface area (Å²) in [5.74, 6) is -0.0516. The minimum atomic E-state index is -0.650. The number of amides is 1. The zero-order valence-electron chi connectivity index (χ0n) is 11.7. The topological polar surface area (TPSA) is 95.6 Å². The first-order valence-electron chi connectivity index (χ1n) is 6.45. The number of nitrogens with one attached hydrogen (secondary N) is 1. The van der Waals surface area contributed by atoms with Crippen LogP contribution >= 0.6 is 11.8 Å². The molecule has 0 heterocycles. The number of hydrogen-bond donors (Lipinski definition) is 4. The van der Waals surface area contributed by atoms with Gasteiger partial charge in [-0.25, -0.2) is 0 Å². The molecule has 1 aromatic rings. The lowest BCUT2D eigenvalue weighted by molar-refractivity contribution is -0.122. The summed E-state index contributed by atoms with van der Waals surface area (Å²) in [5, 5.41) is 21.2. The average molecular weight is 298 g/mol. The van der Waals surface area contributed by atoms with E-state index in [1.807, 2.05) is 13.2 Å². The fourth-order valence-electron chi connectivity index (χ4n) is 1.84. The molecule has 5 N–H and O–H groups in total. The highest BCUT2D eigenvalue weighted by Gasteiger charge is 2.21. The zero-order chi connectivity index (χ0) is 15.1. The summed E-state index contributed by atoms with van der Waals surface area (Å²) in [5.41, 5.74) is 6.77. The maximum absolute atomic E-state index is 12.0. The lowest BCUT2D eigenvalue weighted by Crippen LogP contribution is -2.49. The molecule has 0 radical (unpaired) electrons. The van der Waals surface area contributed by atoms with Crippen LogP contribution in [0.3, 0.4) is 0 Å². The van der Waals surface area contributed by atoms with Gasteiger partial charge in [0.1, 0.15) is 5.75 Å². The van der Waals surface area contributed by atoms with E-state index in [0.29, 0.717) is 6.42 Å². The highest BCUT2D eigenvalue weighted by molar-refractivity contribution is 7.99. The van der Waals surface area contributed by atoms with Crippen molar-refractivity contribution >= 4 is 17.7 Å². The standard InChI is InChI=1S/C14H22N2O3S/c1-9(13(8-17)20-2)16-14(19)12(15)7-10-3-5-11(18)6-4-10/h3-6,9,12-13,17-18H,7-8,15H2,1-2H3,(H,16,19). The molecule has 0 fully saturated rings. The fraction of sp³-hybridized carbons (Fsp3) is 0.500. The van der Waals surface area contributed by atoms with Gasteiger partial charge in [0.25, 0.3) is 0 Å². The van der Waals surface area contributed by atoms with Crippen LogP contribution < -0.4 is 11.1 Å². The molecule has 112 valence electrons. The van der Waals surface area contributed by atoms with Gasteiger partial charge in [-0.2, -0.15) is 11.8 Å². The van der Waals surface area contributed by atoms with Gasteiger partial charge >= 0.3 is 0 Å². The molecule has 0 aromatic heterocycles. The molecule has 1 aromatic carbocycles. The Balaban J connectivity index is 2.52. The number of phenols is 1. The first-order chi connectivity index (χ1) is 9.47. The molecule has 3 atom stereocenters. The van der Waals surface area contributed by atoms with Gasteiger partial charge in [-0.15, -0.1) is 0 Å². The van der Waals surface area contributed by atoms with Crippen LogP contribution in [0.15, 0.2) is 24.3 Å². The molecule has 20 heavy (non-hydrogen) atoms. The van der Waals surface area contributed by atoms with Gasteiger partial charge in [-0.05, 0) is 37.3 Å². The molecule has 5 nitrogen and oxygen atoms in total. The average Bonchev–Trinajstić information content (AvgIpc) is 2.42.